The van der Waals surface area contributed by atoms with Crippen molar-refractivity contribution in [3.8, 4) is 16.2 Å². The smallest absolute Gasteiger partial charge is 0.335 e. The van der Waals surface area contributed by atoms with Gasteiger partial charge in [-0.3, -0.25) is 9.59 Å². The first-order valence-corrected chi connectivity index (χ1v) is 13.2. The summed E-state index contributed by atoms with van der Waals surface area (Å²) in [5.41, 5.74) is 3.07. The van der Waals surface area contributed by atoms with Crippen LogP contribution in [0.2, 0.25) is 5.02 Å². The van der Waals surface area contributed by atoms with Gasteiger partial charge in [-0.1, -0.05) is 29.8 Å². The normalized spacial score (nSPS) is 13.9. The third-order valence-corrected chi connectivity index (χ3v) is 7.55. The molecule has 200 valence electrons. The highest BCUT2D eigenvalue weighted by molar-refractivity contribution is 7.16. The highest BCUT2D eigenvalue weighted by atomic mass is 35.5. The molecule has 0 saturated carbocycles. The number of halogens is 1. The van der Waals surface area contributed by atoms with E-state index in [9.17, 15) is 19.5 Å². The Morgan fingerprint density at radius 3 is 2.62 bits per heavy atom. The second-order valence-corrected chi connectivity index (χ2v) is 10.3. The second kappa shape index (κ2) is 11.2. The maximum Gasteiger partial charge on any atom is 0.335 e. The van der Waals surface area contributed by atoms with Crippen molar-refractivity contribution in [1.82, 2.24) is 0 Å². The molecule has 0 saturated heterocycles. The van der Waals surface area contributed by atoms with E-state index < -0.39 is 5.97 Å². The quantitative estimate of drug-likeness (QED) is 0.236. The Labute approximate surface area is 238 Å². The Morgan fingerprint density at radius 1 is 1.05 bits per heavy atom. The van der Waals surface area contributed by atoms with Gasteiger partial charge in [-0.2, -0.15) is 10.1 Å². The SMILES string of the molecule is COc1cccc(NC(=O)c2cc(-c3ccc(C=C4C(=O)N(c5cccc(C(=O)O)c5)N=C4C)s3)ccc2Cl)c1. The number of hydrazone groups is 1. The van der Waals surface area contributed by atoms with Crippen molar-refractivity contribution in [1.29, 1.82) is 0 Å². The van der Waals surface area contributed by atoms with Crippen molar-refractivity contribution in [3.63, 3.8) is 0 Å². The van der Waals surface area contributed by atoms with Gasteiger partial charge in [-0.15, -0.1) is 11.3 Å². The van der Waals surface area contributed by atoms with Crippen LogP contribution in [0.25, 0.3) is 16.5 Å². The van der Waals surface area contributed by atoms with Crippen LogP contribution in [0.5, 0.6) is 5.75 Å². The summed E-state index contributed by atoms with van der Waals surface area (Å²) in [5, 5.41) is 18.0. The summed E-state index contributed by atoms with van der Waals surface area (Å²) in [6, 6.07) is 22.1. The van der Waals surface area contributed by atoms with Crippen LogP contribution in [0.4, 0.5) is 11.4 Å². The number of thiophene rings is 1. The number of aromatic carboxylic acids is 1. The lowest BCUT2D eigenvalue weighted by molar-refractivity contribution is -0.114. The van der Waals surface area contributed by atoms with E-state index in [1.807, 2.05) is 18.2 Å². The number of carbonyl (C=O) groups is 3. The summed E-state index contributed by atoms with van der Waals surface area (Å²) in [6.07, 6.45) is 1.75. The number of rotatable bonds is 7. The predicted octanol–water partition coefficient (Wildman–Crippen LogP) is 6.83. The average Bonchev–Trinajstić information content (AvgIpc) is 3.53. The minimum Gasteiger partial charge on any atom is -0.497 e. The summed E-state index contributed by atoms with van der Waals surface area (Å²) >= 11 is 7.81. The summed E-state index contributed by atoms with van der Waals surface area (Å²) in [4.78, 5) is 39.2. The van der Waals surface area contributed by atoms with Crippen molar-refractivity contribution in [2.45, 2.75) is 6.92 Å². The third kappa shape index (κ3) is 5.51. The molecule has 1 aliphatic rings. The highest BCUT2D eigenvalue weighted by Crippen LogP contribution is 2.34. The number of hydrogen-bond donors (Lipinski definition) is 2. The van der Waals surface area contributed by atoms with Gasteiger partial charge in [0, 0.05) is 21.5 Å². The highest BCUT2D eigenvalue weighted by Gasteiger charge is 2.29. The molecule has 0 radical (unpaired) electrons. The number of carbonyl (C=O) groups excluding carboxylic acids is 2. The molecule has 0 bridgehead atoms. The van der Waals surface area contributed by atoms with E-state index >= 15 is 0 Å². The number of carboxylic acids is 1. The van der Waals surface area contributed by atoms with Gasteiger partial charge in [0.1, 0.15) is 5.75 Å². The molecule has 40 heavy (non-hydrogen) atoms. The van der Waals surface area contributed by atoms with E-state index in [2.05, 4.69) is 10.4 Å². The van der Waals surface area contributed by atoms with E-state index in [1.165, 1.54) is 28.5 Å². The lowest BCUT2D eigenvalue weighted by Gasteiger charge is -2.12. The molecule has 1 aliphatic heterocycles. The van der Waals surface area contributed by atoms with Gasteiger partial charge in [-0.05, 0) is 73.2 Å². The standard InChI is InChI=1S/C30H22ClN3O5S/c1-17-24(29(36)34(33-17)21-7-3-5-19(13-21)30(37)38)16-23-10-12-27(40-23)18-9-11-26(31)25(14-18)28(35)32-20-6-4-8-22(15-20)39-2/h3-16H,1-2H3,(H,32,35)(H,37,38). The van der Waals surface area contributed by atoms with E-state index in [1.54, 1.807) is 68.6 Å². The first kappa shape index (κ1) is 26.9. The molecule has 0 aliphatic carbocycles. The molecule has 10 heteroatoms. The van der Waals surface area contributed by atoms with Crippen molar-refractivity contribution in [2.24, 2.45) is 5.10 Å². The number of hydrogen-bond acceptors (Lipinski definition) is 6. The summed E-state index contributed by atoms with van der Waals surface area (Å²) in [7, 11) is 1.55. The summed E-state index contributed by atoms with van der Waals surface area (Å²) in [5.74, 6) is -1.16. The van der Waals surface area contributed by atoms with Crippen molar-refractivity contribution >= 4 is 63.9 Å². The van der Waals surface area contributed by atoms with E-state index in [0.29, 0.717) is 39.0 Å². The number of ether oxygens (including phenoxy) is 1. The van der Waals surface area contributed by atoms with Gasteiger partial charge in [0.05, 0.1) is 40.2 Å². The number of nitrogens with zero attached hydrogens (tertiary/aromatic N) is 2. The van der Waals surface area contributed by atoms with Crippen LogP contribution in [0.3, 0.4) is 0 Å². The number of carboxylic acid groups (broad SMARTS) is 1. The molecule has 4 aromatic rings. The fourth-order valence-electron chi connectivity index (χ4n) is 4.11. The number of nitrogens with one attached hydrogen (secondary N) is 1. The minimum atomic E-state index is -1.08. The van der Waals surface area contributed by atoms with Gasteiger partial charge in [0.15, 0.2) is 0 Å². The van der Waals surface area contributed by atoms with Gasteiger partial charge < -0.3 is 15.2 Å². The largest absolute Gasteiger partial charge is 0.497 e. The van der Waals surface area contributed by atoms with Gasteiger partial charge in [-0.25, -0.2) is 4.79 Å². The van der Waals surface area contributed by atoms with Crippen LogP contribution in [0, 0.1) is 0 Å². The molecule has 0 fully saturated rings. The topological polar surface area (TPSA) is 108 Å². The Kier molecular flexibility index (Phi) is 7.50. The fourth-order valence-corrected chi connectivity index (χ4v) is 5.26. The van der Waals surface area contributed by atoms with Gasteiger partial charge in [0.2, 0.25) is 0 Å². The monoisotopic (exact) mass is 571 g/mol. The molecule has 8 nitrogen and oxygen atoms in total. The molecule has 0 atom stereocenters. The third-order valence-electron chi connectivity index (χ3n) is 6.14. The first-order chi connectivity index (χ1) is 19.2. The Balaban J connectivity index is 1.37. The van der Waals surface area contributed by atoms with E-state index in [0.717, 1.165) is 15.3 Å². The van der Waals surface area contributed by atoms with Crippen molar-refractivity contribution in [2.75, 3.05) is 17.4 Å². The molecule has 2 N–H and O–H groups in total. The zero-order chi connectivity index (χ0) is 28.4. The predicted molar refractivity (Wildman–Crippen MR) is 158 cm³/mol. The molecule has 0 spiro atoms. The van der Waals surface area contributed by atoms with Crippen LogP contribution in [0.1, 0.15) is 32.5 Å². The van der Waals surface area contributed by atoms with Crippen LogP contribution >= 0.6 is 22.9 Å². The number of anilines is 2. The zero-order valence-corrected chi connectivity index (χ0v) is 22.9. The zero-order valence-electron chi connectivity index (χ0n) is 21.3. The van der Waals surface area contributed by atoms with Crippen LogP contribution in [-0.4, -0.2) is 35.7 Å². The molecule has 2 heterocycles. The van der Waals surface area contributed by atoms with E-state index in [4.69, 9.17) is 16.3 Å². The number of amides is 2. The van der Waals surface area contributed by atoms with Crippen molar-refractivity contribution < 1.29 is 24.2 Å². The molecular formula is C30H22ClN3O5S. The van der Waals surface area contributed by atoms with Crippen LogP contribution in [-0.2, 0) is 4.79 Å². The first-order valence-electron chi connectivity index (χ1n) is 12.0. The Bertz CT molecular complexity index is 1730. The average molecular weight is 572 g/mol. The Hall–Kier alpha value is -4.73. The maximum absolute atomic E-state index is 13.2. The molecule has 5 rings (SSSR count). The minimum absolute atomic E-state index is 0.0676. The maximum atomic E-state index is 13.2. The number of benzene rings is 3. The summed E-state index contributed by atoms with van der Waals surface area (Å²) in [6.45, 7) is 1.73. The van der Waals surface area contributed by atoms with Gasteiger partial charge in [0.25, 0.3) is 11.8 Å². The van der Waals surface area contributed by atoms with Crippen LogP contribution in [0.15, 0.2) is 89.5 Å². The molecule has 0 unspecified atom stereocenters. The Morgan fingerprint density at radius 2 is 1.85 bits per heavy atom. The molecular weight excluding hydrogens is 550 g/mol. The van der Waals surface area contributed by atoms with Gasteiger partial charge >= 0.3 is 5.97 Å². The lowest BCUT2D eigenvalue weighted by atomic mass is 10.1. The molecule has 3 aromatic carbocycles. The fraction of sp³-hybridized carbons (Fsp3) is 0.0667. The van der Waals surface area contributed by atoms with E-state index in [-0.39, 0.29) is 17.4 Å². The molecule has 2 amide bonds. The van der Waals surface area contributed by atoms with Crippen molar-refractivity contribution in [3.05, 3.63) is 105 Å². The second-order valence-electron chi connectivity index (χ2n) is 8.80. The lowest BCUT2D eigenvalue weighted by Crippen LogP contribution is -2.21. The summed E-state index contributed by atoms with van der Waals surface area (Å²) < 4.78 is 5.21. The number of methoxy groups -OCH3 is 1. The van der Waals surface area contributed by atoms with Crippen LogP contribution < -0.4 is 15.1 Å². The molecule has 1 aromatic heterocycles.